The second kappa shape index (κ2) is 6.16. The van der Waals surface area contributed by atoms with Crippen molar-refractivity contribution in [3.8, 4) is 11.1 Å². The Kier molecular flexibility index (Phi) is 4.37. The molecule has 0 spiro atoms. The minimum absolute atomic E-state index is 0.0899. The maximum atomic E-state index is 9.23. The molecule has 0 aromatic heterocycles. The topological polar surface area (TPSA) is 70.1 Å². The molecule has 0 bridgehead atoms. The van der Waals surface area contributed by atoms with Crippen LogP contribution in [0.4, 0.5) is 0 Å². The van der Waals surface area contributed by atoms with Gasteiger partial charge in [0.1, 0.15) is 5.84 Å². The van der Waals surface area contributed by atoms with Crippen molar-refractivity contribution in [3.63, 3.8) is 0 Å². The number of aliphatic hydroxyl groups is 1. The second-order valence-electron chi connectivity index (χ2n) is 6.04. The number of amidine groups is 1. The summed E-state index contributed by atoms with van der Waals surface area (Å²) in [6, 6.07) is 11.4. The first-order valence-electron chi connectivity index (χ1n) is 7.51. The van der Waals surface area contributed by atoms with E-state index in [2.05, 4.69) is 0 Å². The highest BCUT2D eigenvalue weighted by Gasteiger charge is 2.42. The van der Waals surface area contributed by atoms with Gasteiger partial charge in [-0.2, -0.15) is 0 Å². The van der Waals surface area contributed by atoms with Crippen LogP contribution in [0.15, 0.2) is 36.4 Å². The molecule has 3 nitrogen and oxygen atoms in total. The average Bonchev–Trinajstić information content (AvgIpc) is 2.45. The zero-order valence-electron chi connectivity index (χ0n) is 12.6. The van der Waals surface area contributed by atoms with Gasteiger partial charge in [0.2, 0.25) is 0 Å². The van der Waals surface area contributed by atoms with E-state index in [1.807, 2.05) is 36.4 Å². The van der Waals surface area contributed by atoms with Crippen LogP contribution in [0.3, 0.4) is 0 Å². The normalized spacial score (nSPS) is 16.0. The number of hydrogen-bond acceptors (Lipinski definition) is 2. The first-order chi connectivity index (χ1) is 11.0. The second-order valence-corrected chi connectivity index (χ2v) is 6.89. The predicted molar refractivity (Wildman–Crippen MR) is 95.3 cm³/mol. The van der Waals surface area contributed by atoms with Gasteiger partial charge in [0, 0.05) is 10.0 Å². The van der Waals surface area contributed by atoms with E-state index in [4.69, 9.17) is 34.3 Å². The molecule has 0 aliphatic heterocycles. The van der Waals surface area contributed by atoms with Crippen molar-refractivity contribution in [3.05, 3.63) is 57.6 Å². The number of rotatable bonds is 4. The van der Waals surface area contributed by atoms with Gasteiger partial charge in [0.15, 0.2) is 0 Å². The molecular weight excluding hydrogens is 331 g/mol. The van der Waals surface area contributed by atoms with Gasteiger partial charge in [-0.15, -0.1) is 0 Å². The summed E-state index contributed by atoms with van der Waals surface area (Å²) in [7, 11) is 0. The highest BCUT2D eigenvalue weighted by atomic mass is 35.5. The molecule has 1 aliphatic rings. The number of nitrogens with one attached hydrogen (secondary N) is 1. The van der Waals surface area contributed by atoms with Gasteiger partial charge in [-0.05, 0) is 53.3 Å². The highest BCUT2D eigenvalue weighted by molar-refractivity contribution is 6.32. The summed E-state index contributed by atoms with van der Waals surface area (Å²) in [6.07, 6.45) is 2.83. The number of benzene rings is 2. The smallest absolute Gasteiger partial charge is 0.101 e. The number of hydrogen-bond donors (Lipinski definition) is 3. The standard InChI is InChI=1S/C18H18Cl2N2O/c19-15-7-13(11-2-3-12(10-23)16(20)8-11)6-14(9-15)18(17(21)22)4-1-5-18/h2-3,6-9,23H,1,4-5,10H2,(H3,21,22). The third kappa shape index (κ3) is 2.85. The van der Waals surface area contributed by atoms with Crippen LogP contribution in [-0.4, -0.2) is 10.9 Å². The van der Waals surface area contributed by atoms with Gasteiger partial charge >= 0.3 is 0 Å². The van der Waals surface area contributed by atoms with Crippen molar-refractivity contribution < 1.29 is 5.11 Å². The fourth-order valence-corrected chi connectivity index (χ4v) is 3.61. The summed E-state index contributed by atoms with van der Waals surface area (Å²) in [5, 5.41) is 18.3. The molecule has 1 fully saturated rings. The van der Waals surface area contributed by atoms with Crippen LogP contribution in [0.5, 0.6) is 0 Å². The van der Waals surface area contributed by atoms with E-state index in [0.29, 0.717) is 15.6 Å². The molecule has 4 N–H and O–H groups in total. The molecule has 2 aromatic carbocycles. The van der Waals surface area contributed by atoms with Crippen LogP contribution in [0, 0.1) is 5.41 Å². The molecule has 3 rings (SSSR count). The van der Waals surface area contributed by atoms with Crippen molar-refractivity contribution in [1.29, 1.82) is 5.41 Å². The van der Waals surface area contributed by atoms with E-state index in [1.165, 1.54) is 0 Å². The lowest BCUT2D eigenvalue weighted by molar-refractivity contribution is 0.282. The summed E-state index contributed by atoms with van der Waals surface area (Å²) >= 11 is 12.5. The van der Waals surface area contributed by atoms with Crippen LogP contribution in [0.25, 0.3) is 11.1 Å². The van der Waals surface area contributed by atoms with Gasteiger partial charge in [0.25, 0.3) is 0 Å². The maximum Gasteiger partial charge on any atom is 0.101 e. The van der Waals surface area contributed by atoms with Gasteiger partial charge in [-0.1, -0.05) is 47.8 Å². The molecule has 0 amide bonds. The van der Waals surface area contributed by atoms with Gasteiger partial charge in [-0.25, -0.2) is 0 Å². The Labute approximate surface area is 145 Å². The minimum Gasteiger partial charge on any atom is -0.392 e. The molecule has 1 saturated carbocycles. The molecule has 0 radical (unpaired) electrons. The average molecular weight is 349 g/mol. The lowest BCUT2D eigenvalue weighted by Crippen LogP contribution is -2.46. The Hall–Kier alpha value is -1.55. The lowest BCUT2D eigenvalue weighted by Gasteiger charge is -2.41. The Bertz CT molecular complexity index is 770. The number of aliphatic hydroxyl groups excluding tert-OH is 1. The molecule has 0 unspecified atom stereocenters. The van der Waals surface area contributed by atoms with Crippen LogP contribution in [0.1, 0.15) is 30.4 Å². The van der Waals surface area contributed by atoms with Gasteiger partial charge in [0.05, 0.1) is 12.0 Å². The molecule has 23 heavy (non-hydrogen) atoms. The minimum atomic E-state index is -0.380. The molecule has 1 aliphatic carbocycles. The SMILES string of the molecule is N=C(N)C1(c2cc(Cl)cc(-c3ccc(CO)c(Cl)c3)c2)CCC1. The summed E-state index contributed by atoms with van der Waals surface area (Å²) in [5.74, 6) is 0.200. The Morgan fingerprint density at radius 1 is 1.13 bits per heavy atom. The van der Waals surface area contributed by atoms with E-state index in [-0.39, 0.29) is 17.9 Å². The van der Waals surface area contributed by atoms with Gasteiger partial charge in [-0.3, -0.25) is 5.41 Å². The first-order valence-corrected chi connectivity index (χ1v) is 8.27. The molecule has 0 heterocycles. The summed E-state index contributed by atoms with van der Waals surface area (Å²) in [5.41, 5.74) is 9.02. The zero-order chi connectivity index (χ0) is 16.6. The number of halogens is 2. The predicted octanol–water partition coefficient (Wildman–Crippen LogP) is 4.51. The highest BCUT2D eigenvalue weighted by Crippen LogP contribution is 2.45. The summed E-state index contributed by atoms with van der Waals surface area (Å²) < 4.78 is 0. The molecule has 0 atom stereocenters. The summed E-state index contributed by atoms with van der Waals surface area (Å²) in [6.45, 7) is -0.0899. The monoisotopic (exact) mass is 348 g/mol. The molecular formula is C18H18Cl2N2O. The van der Waals surface area contributed by atoms with E-state index in [1.54, 1.807) is 0 Å². The Morgan fingerprint density at radius 2 is 1.87 bits per heavy atom. The zero-order valence-corrected chi connectivity index (χ0v) is 14.1. The maximum absolute atomic E-state index is 9.23. The third-order valence-electron chi connectivity index (χ3n) is 4.73. The van der Waals surface area contributed by atoms with Crippen molar-refractivity contribution in [1.82, 2.24) is 0 Å². The van der Waals surface area contributed by atoms with Crippen molar-refractivity contribution in [2.24, 2.45) is 5.73 Å². The Balaban J connectivity index is 2.08. The van der Waals surface area contributed by atoms with Crippen LogP contribution in [0.2, 0.25) is 10.0 Å². The van der Waals surface area contributed by atoms with E-state index in [0.717, 1.165) is 36.0 Å². The van der Waals surface area contributed by atoms with E-state index >= 15 is 0 Å². The number of nitrogens with two attached hydrogens (primary N) is 1. The fraction of sp³-hybridized carbons (Fsp3) is 0.278. The molecule has 2 aromatic rings. The first kappa shape index (κ1) is 16.3. The Morgan fingerprint density at radius 3 is 2.39 bits per heavy atom. The van der Waals surface area contributed by atoms with Crippen molar-refractivity contribution >= 4 is 29.0 Å². The summed E-state index contributed by atoms with van der Waals surface area (Å²) in [4.78, 5) is 0. The molecule has 0 saturated heterocycles. The van der Waals surface area contributed by atoms with E-state index < -0.39 is 0 Å². The molecule has 120 valence electrons. The van der Waals surface area contributed by atoms with E-state index in [9.17, 15) is 5.11 Å². The lowest BCUT2D eigenvalue weighted by atomic mass is 9.63. The van der Waals surface area contributed by atoms with Crippen LogP contribution in [-0.2, 0) is 12.0 Å². The van der Waals surface area contributed by atoms with Crippen LogP contribution >= 0.6 is 23.2 Å². The van der Waals surface area contributed by atoms with Crippen molar-refractivity contribution in [2.75, 3.05) is 0 Å². The quantitative estimate of drug-likeness (QED) is 0.561. The molecule has 5 heteroatoms. The fourth-order valence-electron chi connectivity index (χ4n) is 3.13. The third-order valence-corrected chi connectivity index (χ3v) is 5.30. The van der Waals surface area contributed by atoms with Gasteiger partial charge < -0.3 is 10.8 Å². The van der Waals surface area contributed by atoms with Crippen LogP contribution < -0.4 is 5.73 Å². The van der Waals surface area contributed by atoms with Crippen molar-refractivity contribution in [2.45, 2.75) is 31.3 Å². The largest absolute Gasteiger partial charge is 0.392 e.